The van der Waals surface area contributed by atoms with Crippen molar-refractivity contribution in [1.29, 1.82) is 0 Å². The minimum atomic E-state index is -0.180. The summed E-state index contributed by atoms with van der Waals surface area (Å²) in [7, 11) is 0. The van der Waals surface area contributed by atoms with Crippen molar-refractivity contribution in [2.24, 2.45) is 11.8 Å². The molecule has 1 saturated carbocycles. The second-order valence-corrected chi connectivity index (χ2v) is 7.54. The second kappa shape index (κ2) is 6.17. The van der Waals surface area contributed by atoms with Gasteiger partial charge in [0.2, 0.25) is 11.8 Å². The molecule has 0 bridgehead atoms. The molecule has 1 heterocycles. The summed E-state index contributed by atoms with van der Waals surface area (Å²) in [4.78, 5) is 27.1. The first-order valence-corrected chi connectivity index (χ1v) is 9.13. The van der Waals surface area contributed by atoms with Crippen LogP contribution in [0.25, 0.3) is 0 Å². The summed E-state index contributed by atoms with van der Waals surface area (Å²) >= 11 is 3.39. The lowest BCUT2D eigenvalue weighted by atomic mass is 9.73. The Balaban J connectivity index is 1.60. The summed E-state index contributed by atoms with van der Waals surface area (Å²) < 4.78 is 0.937. The SMILES string of the molecule is O=C1C2CCC(c3ccccc3)CC2C(=O)N1c1ccc(Br)cc1. The van der Waals surface area contributed by atoms with E-state index in [2.05, 4.69) is 28.1 Å². The Morgan fingerprint density at radius 2 is 1.50 bits per heavy atom. The number of nitrogens with zero attached hydrogens (tertiary/aromatic N) is 1. The van der Waals surface area contributed by atoms with Gasteiger partial charge in [0.1, 0.15) is 0 Å². The van der Waals surface area contributed by atoms with Crippen molar-refractivity contribution in [2.45, 2.75) is 25.2 Å². The third-order valence-electron chi connectivity index (χ3n) is 5.28. The zero-order valence-electron chi connectivity index (χ0n) is 13.2. The highest BCUT2D eigenvalue weighted by atomic mass is 79.9. The molecule has 1 aliphatic carbocycles. The average molecular weight is 384 g/mol. The molecule has 3 unspecified atom stereocenters. The first-order valence-electron chi connectivity index (χ1n) is 8.33. The molecule has 122 valence electrons. The Hall–Kier alpha value is -1.94. The summed E-state index contributed by atoms with van der Waals surface area (Å²) in [5, 5.41) is 0. The molecule has 24 heavy (non-hydrogen) atoms. The summed E-state index contributed by atoms with van der Waals surface area (Å²) in [6.07, 6.45) is 2.53. The van der Waals surface area contributed by atoms with Crippen LogP contribution in [0, 0.1) is 11.8 Å². The van der Waals surface area contributed by atoms with Gasteiger partial charge in [-0.15, -0.1) is 0 Å². The van der Waals surface area contributed by atoms with Gasteiger partial charge in [-0.2, -0.15) is 0 Å². The van der Waals surface area contributed by atoms with Crippen molar-refractivity contribution in [3.8, 4) is 0 Å². The van der Waals surface area contributed by atoms with Crippen LogP contribution in [0.3, 0.4) is 0 Å². The number of carbonyl (C=O) groups is 2. The number of amides is 2. The van der Waals surface area contributed by atoms with Crippen molar-refractivity contribution in [3.63, 3.8) is 0 Å². The molecule has 1 aliphatic heterocycles. The molecule has 2 aliphatic rings. The highest BCUT2D eigenvalue weighted by Crippen LogP contribution is 2.45. The zero-order chi connectivity index (χ0) is 16.7. The molecule has 4 rings (SSSR count). The van der Waals surface area contributed by atoms with Crippen LogP contribution in [-0.2, 0) is 9.59 Å². The molecule has 0 radical (unpaired) electrons. The Kier molecular flexibility index (Phi) is 4.01. The van der Waals surface area contributed by atoms with Gasteiger partial charge < -0.3 is 0 Å². The zero-order valence-corrected chi connectivity index (χ0v) is 14.8. The number of benzene rings is 2. The number of rotatable bonds is 2. The monoisotopic (exact) mass is 383 g/mol. The highest BCUT2D eigenvalue weighted by molar-refractivity contribution is 9.10. The van der Waals surface area contributed by atoms with E-state index >= 15 is 0 Å². The van der Waals surface area contributed by atoms with Crippen molar-refractivity contribution >= 4 is 33.4 Å². The number of imide groups is 1. The second-order valence-electron chi connectivity index (χ2n) is 6.62. The number of halogens is 1. The maximum Gasteiger partial charge on any atom is 0.237 e. The van der Waals surface area contributed by atoms with Crippen molar-refractivity contribution in [1.82, 2.24) is 0 Å². The van der Waals surface area contributed by atoms with Crippen LogP contribution in [0.15, 0.2) is 59.1 Å². The fourth-order valence-corrected chi connectivity index (χ4v) is 4.32. The van der Waals surface area contributed by atoms with Gasteiger partial charge in [0, 0.05) is 4.47 Å². The van der Waals surface area contributed by atoms with E-state index in [1.54, 1.807) is 0 Å². The largest absolute Gasteiger partial charge is 0.274 e. The van der Waals surface area contributed by atoms with E-state index in [4.69, 9.17) is 0 Å². The first-order chi connectivity index (χ1) is 11.6. The Morgan fingerprint density at radius 3 is 2.21 bits per heavy atom. The maximum atomic E-state index is 12.9. The van der Waals surface area contributed by atoms with Crippen LogP contribution in [0.4, 0.5) is 5.69 Å². The summed E-state index contributed by atoms with van der Waals surface area (Å²) in [6.45, 7) is 0. The van der Waals surface area contributed by atoms with Crippen molar-refractivity contribution in [2.75, 3.05) is 4.90 Å². The molecule has 1 saturated heterocycles. The highest BCUT2D eigenvalue weighted by Gasteiger charge is 2.50. The quantitative estimate of drug-likeness (QED) is 0.714. The third-order valence-corrected chi connectivity index (χ3v) is 5.81. The van der Waals surface area contributed by atoms with Gasteiger partial charge in [0.15, 0.2) is 0 Å². The van der Waals surface area contributed by atoms with Crippen molar-refractivity contribution < 1.29 is 9.59 Å². The van der Waals surface area contributed by atoms with E-state index in [-0.39, 0.29) is 23.7 Å². The van der Waals surface area contributed by atoms with Crippen LogP contribution in [0.1, 0.15) is 30.7 Å². The first kappa shape index (κ1) is 15.6. The van der Waals surface area contributed by atoms with Crippen LogP contribution in [0.2, 0.25) is 0 Å². The fraction of sp³-hybridized carbons (Fsp3) is 0.300. The van der Waals surface area contributed by atoms with Crippen LogP contribution in [0.5, 0.6) is 0 Å². The summed E-state index contributed by atoms with van der Waals surface area (Å²) in [5.74, 6) is -0.0259. The van der Waals surface area contributed by atoms with E-state index in [0.29, 0.717) is 11.6 Å². The van der Waals surface area contributed by atoms with E-state index < -0.39 is 0 Å². The normalized spacial score (nSPS) is 26.5. The minimum absolute atomic E-state index is 0.0289. The van der Waals surface area contributed by atoms with Crippen LogP contribution >= 0.6 is 15.9 Å². The number of carbonyl (C=O) groups excluding carboxylic acids is 2. The van der Waals surface area contributed by atoms with Gasteiger partial charge >= 0.3 is 0 Å². The summed E-state index contributed by atoms with van der Waals surface area (Å²) in [6, 6.07) is 17.7. The Bertz CT molecular complexity index is 772. The van der Waals surface area contributed by atoms with Crippen LogP contribution < -0.4 is 4.90 Å². The fourth-order valence-electron chi connectivity index (χ4n) is 4.05. The van der Waals surface area contributed by atoms with Crippen LogP contribution in [-0.4, -0.2) is 11.8 Å². The van der Waals surface area contributed by atoms with Crippen molar-refractivity contribution in [3.05, 3.63) is 64.6 Å². The Labute approximate surface area is 149 Å². The molecule has 3 nitrogen and oxygen atoms in total. The van der Waals surface area contributed by atoms with Gasteiger partial charge in [0.25, 0.3) is 0 Å². The van der Waals surface area contributed by atoms with E-state index in [1.807, 2.05) is 42.5 Å². The minimum Gasteiger partial charge on any atom is -0.274 e. The maximum absolute atomic E-state index is 12.9. The lowest BCUT2D eigenvalue weighted by molar-refractivity contribution is -0.122. The van der Waals surface area contributed by atoms with E-state index in [1.165, 1.54) is 10.5 Å². The predicted octanol–water partition coefficient (Wildman–Crippen LogP) is 4.52. The number of hydrogen-bond acceptors (Lipinski definition) is 2. The topological polar surface area (TPSA) is 37.4 Å². The molecule has 0 aromatic heterocycles. The average Bonchev–Trinajstić information content (AvgIpc) is 2.87. The lowest BCUT2D eigenvalue weighted by Crippen LogP contribution is -2.30. The molecule has 0 N–H and O–H groups in total. The molecule has 2 aromatic rings. The third kappa shape index (κ3) is 2.59. The standard InChI is InChI=1S/C20H18BrNO2/c21-15-7-9-16(10-8-15)22-19(23)17-11-6-14(12-18(17)20(22)24)13-4-2-1-3-5-13/h1-5,7-10,14,17-18H,6,11-12H2. The van der Waals surface area contributed by atoms with E-state index in [9.17, 15) is 9.59 Å². The molecule has 2 aromatic carbocycles. The molecule has 0 spiro atoms. The smallest absolute Gasteiger partial charge is 0.237 e. The number of anilines is 1. The molecule has 4 heteroatoms. The lowest BCUT2D eigenvalue weighted by Gasteiger charge is -2.28. The summed E-state index contributed by atoms with van der Waals surface area (Å²) in [5.41, 5.74) is 1.96. The van der Waals surface area contributed by atoms with Gasteiger partial charge in [0.05, 0.1) is 17.5 Å². The van der Waals surface area contributed by atoms with Gasteiger partial charge in [-0.3, -0.25) is 14.5 Å². The molecular weight excluding hydrogens is 366 g/mol. The number of hydrogen-bond donors (Lipinski definition) is 0. The number of fused-ring (bicyclic) bond motifs is 1. The van der Waals surface area contributed by atoms with Gasteiger partial charge in [-0.1, -0.05) is 46.3 Å². The van der Waals surface area contributed by atoms with Gasteiger partial charge in [-0.25, -0.2) is 0 Å². The molecule has 2 fully saturated rings. The Morgan fingerprint density at radius 1 is 0.833 bits per heavy atom. The predicted molar refractivity (Wildman–Crippen MR) is 96.6 cm³/mol. The van der Waals surface area contributed by atoms with Gasteiger partial charge in [-0.05, 0) is 55.0 Å². The van der Waals surface area contributed by atoms with E-state index in [0.717, 1.165) is 23.7 Å². The molecular formula is C20H18BrNO2. The molecule has 3 atom stereocenters. The molecule has 2 amide bonds.